The fraction of sp³-hybridized carbons (Fsp3) is 1.00. The van der Waals surface area contributed by atoms with Crippen LogP contribution in [0.4, 0.5) is 0 Å². The molecule has 0 aliphatic rings. The minimum atomic E-state index is -0.282. The number of rotatable bonds is 2. The zero-order valence-electron chi connectivity index (χ0n) is 10.6. The first-order chi connectivity index (χ1) is 5.55. The highest BCUT2D eigenvalue weighted by molar-refractivity contribution is 6.28. The average Bonchev–Trinajstić information content (AvgIpc) is 1.82. The van der Waals surface area contributed by atoms with E-state index in [9.17, 15) is 0 Å². The van der Waals surface area contributed by atoms with Crippen LogP contribution in [0.15, 0.2) is 0 Å². The summed E-state index contributed by atoms with van der Waals surface area (Å²) in [5, 5.41) is 0. The predicted octanol–water partition coefficient (Wildman–Crippen LogP) is 1.45. The van der Waals surface area contributed by atoms with Crippen molar-refractivity contribution in [2.45, 2.75) is 52.6 Å². The molecule has 0 aliphatic carbocycles. The predicted molar refractivity (Wildman–Crippen MR) is 63.6 cm³/mol. The Morgan fingerprint density at radius 1 is 0.692 bits per heavy atom. The third kappa shape index (κ3) is 4.79. The first-order valence-corrected chi connectivity index (χ1v) is 6.24. The van der Waals surface area contributed by atoms with Crippen LogP contribution in [0, 0.1) is 0 Å². The number of nitrogens with zero attached hydrogens (tertiary/aromatic N) is 2. The van der Waals surface area contributed by atoms with Crippen LogP contribution >= 0.6 is 0 Å². The summed E-state index contributed by atoms with van der Waals surface area (Å²) >= 11 is 0. The first kappa shape index (κ1) is 13.1. The van der Waals surface area contributed by atoms with Crippen LogP contribution in [0.2, 0.25) is 0 Å². The quantitative estimate of drug-likeness (QED) is 0.625. The minimum Gasteiger partial charge on any atom is -0.315 e. The van der Waals surface area contributed by atoms with Crippen molar-refractivity contribution in [2.75, 3.05) is 14.1 Å². The maximum Gasteiger partial charge on any atom is 0.173 e. The molecule has 0 fully saturated rings. The summed E-state index contributed by atoms with van der Waals surface area (Å²) in [5.74, 6) is 0. The molecule has 0 amide bonds. The van der Waals surface area contributed by atoms with Gasteiger partial charge in [0.1, 0.15) is 0 Å². The van der Waals surface area contributed by atoms with Crippen LogP contribution in [-0.4, -0.2) is 44.1 Å². The third-order valence-corrected chi connectivity index (χ3v) is 5.46. The molecule has 0 atom stereocenters. The van der Waals surface area contributed by atoms with E-state index >= 15 is 0 Å². The molecule has 0 bridgehead atoms. The molecule has 0 spiro atoms. The van der Waals surface area contributed by atoms with Crippen molar-refractivity contribution in [3.63, 3.8) is 0 Å². The molecule has 2 nitrogen and oxygen atoms in total. The highest BCUT2D eigenvalue weighted by atomic mass is 28.2. The monoisotopic (exact) mass is 202 g/mol. The smallest absolute Gasteiger partial charge is 0.173 e. The Bertz CT molecular complexity index is 137. The molecule has 0 radical (unpaired) electrons. The van der Waals surface area contributed by atoms with Gasteiger partial charge in [-0.3, -0.25) is 0 Å². The summed E-state index contributed by atoms with van der Waals surface area (Å²) in [6, 6.07) is 0. The second kappa shape index (κ2) is 4.11. The van der Waals surface area contributed by atoms with Gasteiger partial charge in [-0.2, -0.15) is 0 Å². The Morgan fingerprint density at radius 2 is 0.923 bits per heavy atom. The Balaban J connectivity index is 4.15. The van der Waals surface area contributed by atoms with E-state index in [1.807, 2.05) is 0 Å². The van der Waals surface area contributed by atoms with E-state index < -0.39 is 0 Å². The fourth-order valence-electron chi connectivity index (χ4n) is 0.742. The molecule has 0 rings (SSSR count). The lowest BCUT2D eigenvalue weighted by Crippen LogP contribution is -2.52. The highest BCUT2D eigenvalue weighted by Crippen LogP contribution is 2.14. The fourth-order valence-corrected chi connectivity index (χ4v) is 2.23. The summed E-state index contributed by atoms with van der Waals surface area (Å²) < 4.78 is 5.00. The van der Waals surface area contributed by atoms with Gasteiger partial charge in [-0.15, -0.1) is 0 Å². The molecule has 13 heavy (non-hydrogen) atoms. The Kier molecular flexibility index (Phi) is 4.15. The van der Waals surface area contributed by atoms with Crippen molar-refractivity contribution >= 4 is 9.84 Å². The Hall–Kier alpha value is 0.137. The van der Waals surface area contributed by atoms with Gasteiger partial charge in [0.05, 0.1) is 0 Å². The first-order valence-electron chi connectivity index (χ1n) is 4.97. The molecule has 0 unspecified atom stereocenters. The largest absolute Gasteiger partial charge is 0.315 e. The number of hydrogen-bond donors (Lipinski definition) is 0. The van der Waals surface area contributed by atoms with Crippen LogP contribution < -0.4 is 0 Å². The van der Waals surface area contributed by atoms with E-state index in [4.69, 9.17) is 0 Å². The molecule has 80 valence electrons. The molecular weight excluding hydrogens is 176 g/mol. The maximum absolute atomic E-state index is 2.50. The van der Waals surface area contributed by atoms with Crippen molar-refractivity contribution in [1.29, 1.82) is 0 Å². The normalized spacial score (nSPS) is 14.3. The van der Waals surface area contributed by atoms with Crippen molar-refractivity contribution in [3.05, 3.63) is 0 Å². The van der Waals surface area contributed by atoms with E-state index in [2.05, 4.69) is 64.8 Å². The Morgan fingerprint density at radius 3 is 1.08 bits per heavy atom. The van der Waals surface area contributed by atoms with Crippen LogP contribution in [0.3, 0.4) is 0 Å². The zero-order valence-corrected chi connectivity index (χ0v) is 12.0. The van der Waals surface area contributed by atoms with Gasteiger partial charge in [0, 0.05) is 11.1 Å². The summed E-state index contributed by atoms with van der Waals surface area (Å²) in [4.78, 5) is 0. The maximum atomic E-state index is 2.50. The number of hydrogen-bond acceptors (Lipinski definition) is 2. The average molecular weight is 202 g/mol. The van der Waals surface area contributed by atoms with Crippen molar-refractivity contribution in [3.8, 4) is 0 Å². The summed E-state index contributed by atoms with van der Waals surface area (Å²) in [7, 11) is 4.18. The van der Waals surface area contributed by atoms with E-state index in [0.29, 0.717) is 11.1 Å². The molecule has 0 saturated carbocycles. The van der Waals surface area contributed by atoms with Crippen LogP contribution in [0.1, 0.15) is 41.5 Å². The van der Waals surface area contributed by atoms with E-state index in [1.54, 1.807) is 0 Å². The molecule has 0 N–H and O–H groups in total. The van der Waals surface area contributed by atoms with Crippen molar-refractivity contribution in [2.24, 2.45) is 0 Å². The lowest BCUT2D eigenvalue weighted by atomic mass is 10.1. The molecule has 3 heteroatoms. The summed E-state index contributed by atoms with van der Waals surface area (Å²) in [6.45, 7) is 13.6. The van der Waals surface area contributed by atoms with Gasteiger partial charge in [0.25, 0.3) is 0 Å². The lowest BCUT2D eigenvalue weighted by molar-refractivity contribution is 0.233. The van der Waals surface area contributed by atoms with Gasteiger partial charge in [-0.05, 0) is 55.6 Å². The molecule has 0 heterocycles. The van der Waals surface area contributed by atoms with Gasteiger partial charge in [-0.25, -0.2) is 0 Å². The van der Waals surface area contributed by atoms with E-state index in [0.717, 1.165) is 0 Å². The van der Waals surface area contributed by atoms with Gasteiger partial charge in [0.2, 0.25) is 0 Å². The topological polar surface area (TPSA) is 6.48 Å². The molecule has 0 aromatic heterocycles. The van der Waals surface area contributed by atoms with Crippen molar-refractivity contribution < 1.29 is 0 Å². The zero-order chi connectivity index (χ0) is 10.9. The van der Waals surface area contributed by atoms with Gasteiger partial charge < -0.3 is 9.13 Å². The molecule has 0 aliphatic heterocycles. The van der Waals surface area contributed by atoms with Crippen LogP contribution in [-0.2, 0) is 0 Å². The minimum absolute atomic E-state index is 0.282. The van der Waals surface area contributed by atoms with Gasteiger partial charge in [-0.1, -0.05) is 0 Å². The third-order valence-electron chi connectivity index (χ3n) is 2.71. The second-order valence-electron chi connectivity index (χ2n) is 5.88. The van der Waals surface area contributed by atoms with Crippen LogP contribution in [0.5, 0.6) is 0 Å². The highest BCUT2D eigenvalue weighted by Gasteiger charge is 2.23. The van der Waals surface area contributed by atoms with Gasteiger partial charge in [0.15, 0.2) is 9.84 Å². The van der Waals surface area contributed by atoms with Gasteiger partial charge >= 0.3 is 0 Å². The summed E-state index contributed by atoms with van der Waals surface area (Å²) in [6.07, 6.45) is 0. The molecule has 0 aromatic carbocycles. The lowest BCUT2D eigenvalue weighted by Gasteiger charge is -2.40. The molecule has 0 aromatic rings. The SMILES string of the molecule is CN([SiH2]N(C)C(C)(C)C)C(C)(C)C. The standard InChI is InChI=1S/C10H26N2Si/c1-9(2,3)11(7)13-12(8)10(4,5)6/h13H2,1-8H3. The molecule has 0 saturated heterocycles. The van der Waals surface area contributed by atoms with Crippen LogP contribution in [0.25, 0.3) is 0 Å². The summed E-state index contributed by atoms with van der Waals surface area (Å²) in [5.41, 5.74) is 0.622. The van der Waals surface area contributed by atoms with Crippen molar-refractivity contribution in [1.82, 2.24) is 9.13 Å². The van der Waals surface area contributed by atoms with E-state index in [-0.39, 0.29) is 9.84 Å². The molecular formula is C10H26N2Si. The second-order valence-corrected chi connectivity index (χ2v) is 8.06. The Labute approximate surface area is 86.3 Å². The van der Waals surface area contributed by atoms with E-state index in [1.165, 1.54) is 0 Å².